The highest BCUT2D eigenvalue weighted by atomic mass is 35.5. The summed E-state index contributed by atoms with van der Waals surface area (Å²) in [4.78, 5) is 11.7. The van der Waals surface area contributed by atoms with Crippen LogP contribution in [0.5, 0.6) is 0 Å². The number of aryl methyl sites for hydroxylation is 1. The minimum absolute atomic E-state index is 0.215. The Labute approximate surface area is 104 Å². The number of hydrogen-bond donors (Lipinski definition) is 1. The number of hydrogen-bond acceptors (Lipinski definition) is 2. The number of rotatable bonds is 3. The van der Waals surface area contributed by atoms with E-state index in [0.29, 0.717) is 17.3 Å². The highest BCUT2D eigenvalue weighted by Crippen LogP contribution is 2.10. The quantitative estimate of drug-likeness (QED) is 0.908. The minimum atomic E-state index is -0.215. The molecule has 0 aliphatic rings. The van der Waals surface area contributed by atoms with Gasteiger partial charge in [0.2, 0.25) is 0 Å². The Morgan fingerprint density at radius 1 is 1.35 bits per heavy atom. The largest absolute Gasteiger partial charge is 0.459 e. The molecule has 0 saturated carbocycles. The van der Waals surface area contributed by atoms with Crippen LogP contribution in [0, 0.1) is 6.92 Å². The van der Waals surface area contributed by atoms with Crippen LogP contribution in [0.3, 0.4) is 0 Å². The molecule has 0 radical (unpaired) electrons. The van der Waals surface area contributed by atoms with E-state index in [0.717, 1.165) is 11.1 Å². The molecule has 1 N–H and O–H groups in total. The second kappa shape index (κ2) is 5.06. The fourth-order valence-corrected chi connectivity index (χ4v) is 1.55. The van der Waals surface area contributed by atoms with Crippen LogP contribution in [0.4, 0.5) is 0 Å². The number of carbonyl (C=O) groups excluding carboxylic acids is 1. The minimum Gasteiger partial charge on any atom is -0.459 e. The summed E-state index contributed by atoms with van der Waals surface area (Å²) >= 11 is 5.77. The molecule has 0 unspecified atom stereocenters. The van der Waals surface area contributed by atoms with Gasteiger partial charge in [-0.1, -0.05) is 23.7 Å². The van der Waals surface area contributed by atoms with Gasteiger partial charge in [0, 0.05) is 11.6 Å². The first-order valence-corrected chi connectivity index (χ1v) is 5.61. The molecule has 0 aliphatic carbocycles. The lowest BCUT2D eigenvalue weighted by Crippen LogP contribution is -2.22. The predicted octanol–water partition coefficient (Wildman–Crippen LogP) is 3.17. The normalized spacial score (nSPS) is 10.2. The van der Waals surface area contributed by atoms with Crippen molar-refractivity contribution in [3.8, 4) is 0 Å². The van der Waals surface area contributed by atoms with Gasteiger partial charge in [-0.3, -0.25) is 4.79 Å². The van der Waals surface area contributed by atoms with E-state index in [9.17, 15) is 4.79 Å². The SMILES string of the molecule is Cc1coc(C(=O)NCc2ccc(Cl)cc2)c1. The molecule has 2 rings (SSSR count). The van der Waals surface area contributed by atoms with Crippen LogP contribution >= 0.6 is 11.6 Å². The van der Waals surface area contributed by atoms with E-state index in [1.165, 1.54) is 0 Å². The van der Waals surface area contributed by atoms with Crippen molar-refractivity contribution in [2.75, 3.05) is 0 Å². The smallest absolute Gasteiger partial charge is 0.287 e. The highest BCUT2D eigenvalue weighted by Gasteiger charge is 2.08. The van der Waals surface area contributed by atoms with E-state index in [2.05, 4.69) is 5.32 Å². The van der Waals surface area contributed by atoms with Crippen molar-refractivity contribution >= 4 is 17.5 Å². The van der Waals surface area contributed by atoms with Crippen molar-refractivity contribution in [3.05, 3.63) is 58.5 Å². The van der Waals surface area contributed by atoms with Crippen LogP contribution in [0.25, 0.3) is 0 Å². The summed E-state index contributed by atoms with van der Waals surface area (Å²) in [5.41, 5.74) is 1.92. The van der Waals surface area contributed by atoms with Gasteiger partial charge in [-0.15, -0.1) is 0 Å². The first-order chi connectivity index (χ1) is 8.15. The van der Waals surface area contributed by atoms with E-state index in [-0.39, 0.29) is 5.91 Å². The number of nitrogens with one attached hydrogen (secondary N) is 1. The second-order valence-corrected chi connectivity index (χ2v) is 4.23. The zero-order valence-corrected chi connectivity index (χ0v) is 10.1. The van der Waals surface area contributed by atoms with Gasteiger partial charge in [-0.25, -0.2) is 0 Å². The molecule has 0 bridgehead atoms. The summed E-state index contributed by atoms with van der Waals surface area (Å²) in [7, 11) is 0. The summed E-state index contributed by atoms with van der Waals surface area (Å²) in [6, 6.07) is 9.03. The van der Waals surface area contributed by atoms with Crippen molar-refractivity contribution in [1.29, 1.82) is 0 Å². The molecule has 2 aromatic rings. The Morgan fingerprint density at radius 2 is 2.06 bits per heavy atom. The fraction of sp³-hybridized carbons (Fsp3) is 0.154. The lowest BCUT2D eigenvalue weighted by Gasteiger charge is -2.03. The molecule has 0 saturated heterocycles. The molecule has 1 aromatic carbocycles. The van der Waals surface area contributed by atoms with Gasteiger partial charge in [0.25, 0.3) is 5.91 Å². The zero-order chi connectivity index (χ0) is 12.3. The van der Waals surface area contributed by atoms with E-state index >= 15 is 0 Å². The first-order valence-electron chi connectivity index (χ1n) is 5.23. The van der Waals surface area contributed by atoms with E-state index in [4.69, 9.17) is 16.0 Å². The molecule has 4 heteroatoms. The Hall–Kier alpha value is -1.74. The zero-order valence-electron chi connectivity index (χ0n) is 9.37. The number of benzene rings is 1. The molecule has 0 aliphatic heterocycles. The third kappa shape index (κ3) is 3.11. The third-order valence-electron chi connectivity index (χ3n) is 2.32. The summed E-state index contributed by atoms with van der Waals surface area (Å²) in [5, 5.41) is 3.45. The van der Waals surface area contributed by atoms with Crippen LogP contribution in [0.15, 0.2) is 41.0 Å². The summed E-state index contributed by atoms with van der Waals surface area (Å²) < 4.78 is 5.10. The standard InChI is InChI=1S/C13H12ClNO2/c1-9-6-12(17-8-9)13(16)15-7-10-2-4-11(14)5-3-10/h2-6,8H,7H2,1H3,(H,15,16). The summed E-state index contributed by atoms with van der Waals surface area (Å²) in [6.45, 7) is 2.33. The Balaban J connectivity index is 1.94. The summed E-state index contributed by atoms with van der Waals surface area (Å²) in [5.74, 6) is 0.115. The average molecular weight is 250 g/mol. The van der Waals surface area contributed by atoms with Gasteiger partial charge in [0.1, 0.15) is 0 Å². The topological polar surface area (TPSA) is 42.2 Å². The van der Waals surface area contributed by atoms with E-state index in [1.807, 2.05) is 19.1 Å². The van der Waals surface area contributed by atoms with Crippen LogP contribution in [-0.4, -0.2) is 5.91 Å². The molecule has 0 fully saturated rings. The number of furan rings is 1. The Bertz CT molecular complexity index is 516. The lowest BCUT2D eigenvalue weighted by atomic mass is 10.2. The van der Waals surface area contributed by atoms with Crippen molar-refractivity contribution in [1.82, 2.24) is 5.32 Å². The van der Waals surface area contributed by atoms with Crippen molar-refractivity contribution in [2.24, 2.45) is 0 Å². The molecule has 1 amide bonds. The predicted molar refractivity (Wildman–Crippen MR) is 66.1 cm³/mol. The maximum absolute atomic E-state index is 11.7. The van der Waals surface area contributed by atoms with Crippen LogP contribution in [-0.2, 0) is 6.54 Å². The van der Waals surface area contributed by atoms with Gasteiger partial charge < -0.3 is 9.73 Å². The Kier molecular flexibility index (Phi) is 3.49. The van der Waals surface area contributed by atoms with Gasteiger partial charge in [0.05, 0.1) is 6.26 Å². The van der Waals surface area contributed by atoms with E-state index in [1.54, 1.807) is 24.5 Å². The third-order valence-corrected chi connectivity index (χ3v) is 2.57. The molecular weight excluding hydrogens is 238 g/mol. The van der Waals surface area contributed by atoms with Gasteiger partial charge in [0.15, 0.2) is 5.76 Å². The van der Waals surface area contributed by atoms with Gasteiger partial charge >= 0.3 is 0 Å². The molecule has 17 heavy (non-hydrogen) atoms. The number of carbonyl (C=O) groups is 1. The Morgan fingerprint density at radius 3 is 2.65 bits per heavy atom. The van der Waals surface area contributed by atoms with Crippen molar-refractivity contribution in [2.45, 2.75) is 13.5 Å². The van der Waals surface area contributed by atoms with Gasteiger partial charge in [-0.05, 0) is 36.2 Å². The van der Waals surface area contributed by atoms with Crippen molar-refractivity contribution < 1.29 is 9.21 Å². The first kappa shape index (κ1) is 11.7. The van der Waals surface area contributed by atoms with Crippen LogP contribution < -0.4 is 5.32 Å². The molecule has 3 nitrogen and oxygen atoms in total. The fourth-order valence-electron chi connectivity index (χ4n) is 1.42. The van der Waals surface area contributed by atoms with Gasteiger partial charge in [-0.2, -0.15) is 0 Å². The molecular formula is C13H12ClNO2. The summed E-state index contributed by atoms with van der Waals surface area (Å²) in [6.07, 6.45) is 1.55. The molecule has 0 spiro atoms. The maximum atomic E-state index is 11.7. The number of halogens is 1. The highest BCUT2D eigenvalue weighted by molar-refractivity contribution is 6.30. The monoisotopic (exact) mass is 249 g/mol. The maximum Gasteiger partial charge on any atom is 0.287 e. The molecule has 1 heterocycles. The number of amides is 1. The lowest BCUT2D eigenvalue weighted by molar-refractivity contribution is 0.0923. The molecule has 0 atom stereocenters. The average Bonchev–Trinajstić information content (AvgIpc) is 2.75. The van der Waals surface area contributed by atoms with Crippen LogP contribution in [0.1, 0.15) is 21.7 Å². The molecule has 1 aromatic heterocycles. The molecule has 88 valence electrons. The second-order valence-electron chi connectivity index (χ2n) is 3.80. The van der Waals surface area contributed by atoms with Crippen molar-refractivity contribution in [3.63, 3.8) is 0 Å². The van der Waals surface area contributed by atoms with Crippen LogP contribution in [0.2, 0.25) is 5.02 Å². The van der Waals surface area contributed by atoms with E-state index < -0.39 is 0 Å².